The minimum Gasteiger partial charge on any atom is -0.365 e. The number of aromatic amines is 1. The first-order chi connectivity index (χ1) is 9.79. The molecule has 9 heteroatoms. The van der Waals surface area contributed by atoms with Crippen molar-refractivity contribution < 1.29 is 22.8 Å². The molecule has 0 radical (unpaired) electrons. The molecule has 2 rings (SSSR count). The van der Waals surface area contributed by atoms with Crippen LogP contribution in [0.4, 0.5) is 13.2 Å². The van der Waals surface area contributed by atoms with Gasteiger partial charge in [0.2, 0.25) is 5.91 Å². The van der Waals surface area contributed by atoms with Gasteiger partial charge in [-0.2, -0.15) is 18.3 Å². The summed E-state index contributed by atoms with van der Waals surface area (Å²) in [6.45, 7) is 0.219. The van der Waals surface area contributed by atoms with E-state index in [2.05, 4.69) is 10.2 Å². The Hall–Kier alpha value is -2.06. The zero-order chi connectivity index (χ0) is 15.6. The van der Waals surface area contributed by atoms with Gasteiger partial charge in [-0.15, -0.1) is 0 Å². The van der Waals surface area contributed by atoms with Crippen LogP contribution in [0.2, 0.25) is 0 Å². The highest BCUT2D eigenvalue weighted by Crippen LogP contribution is 2.33. The highest BCUT2D eigenvalue weighted by molar-refractivity contribution is 5.94. The fraction of sp³-hybridized carbons (Fsp3) is 0.583. The smallest absolute Gasteiger partial charge is 0.365 e. The number of primary amides is 1. The fourth-order valence-corrected chi connectivity index (χ4v) is 2.55. The van der Waals surface area contributed by atoms with E-state index in [0.29, 0.717) is 18.5 Å². The number of rotatable bonds is 3. The minimum atomic E-state index is -4.56. The van der Waals surface area contributed by atoms with Gasteiger partial charge in [0, 0.05) is 6.54 Å². The van der Waals surface area contributed by atoms with Gasteiger partial charge >= 0.3 is 6.18 Å². The van der Waals surface area contributed by atoms with Gasteiger partial charge in [-0.1, -0.05) is 0 Å². The van der Waals surface area contributed by atoms with E-state index in [-0.39, 0.29) is 12.1 Å². The largest absolute Gasteiger partial charge is 0.397 e. The van der Waals surface area contributed by atoms with Gasteiger partial charge in [-0.25, -0.2) is 0 Å². The molecule has 1 saturated heterocycles. The van der Waals surface area contributed by atoms with Crippen LogP contribution in [0.1, 0.15) is 47.8 Å². The summed E-state index contributed by atoms with van der Waals surface area (Å²) in [5.41, 5.74) is 5.61. The normalized spacial score (nSPS) is 19.6. The molecule has 2 amide bonds. The van der Waals surface area contributed by atoms with Gasteiger partial charge in [-0.05, 0) is 19.3 Å². The number of carbonyl (C=O) groups is 2. The molecule has 1 aliphatic rings. The van der Waals surface area contributed by atoms with Crippen molar-refractivity contribution in [2.24, 2.45) is 5.73 Å². The zero-order valence-corrected chi connectivity index (χ0v) is 11.1. The van der Waals surface area contributed by atoms with Gasteiger partial charge in [0.15, 0.2) is 0 Å². The van der Waals surface area contributed by atoms with Crippen molar-refractivity contribution in [1.82, 2.24) is 15.1 Å². The molecule has 0 aromatic carbocycles. The Morgan fingerprint density at radius 2 is 2.14 bits per heavy atom. The molecule has 6 nitrogen and oxygen atoms in total. The van der Waals surface area contributed by atoms with Gasteiger partial charge in [0.25, 0.3) is 5.91 Å². The van der Waals surface area contributed by atoms with Gasteiger partial charge in [0.05, 0.1) is 23.5 Å². The van der Waals surface area contributed by atoms with Crippen LogP contribution in [0.15, 0.2) is 6.20 Å². The first-order valence-electron chi connectivity index (χ1n) is 6.49. The summed E-state index contributed by atoms with van der Waals surface area (Å²) in [5.74, 6) is -1.73. The number of piperidine rings is 1. The third-order valence-electron chi connectivity index (χ3n) is 3.44. The van der Waals surface area contributed by atoms with E-state index >= 15 is 0 Å². The van der Waals surface area contributed by atoms with Crippen molar-refractivity contribution in [3.63, 3.8) is 0 Å². The maximum absolute atomic E-state index is 12.4. The maximum Gasteiger partial charge on any atom is 0.397 e. The summed E-state index contributed by atoms with van der Waals surface area (Å²) in [7, 11) is 0. The van der Waals surface area contributed by atoms with E-state index < -0.39 is 30.5 Å². The number of hydrogen-bond acceptors (Lipinski definition) is 3. The highest BCUT2D eigenvalue weighted by Gasteiger charge is 2.38. The summed E-state index contributed by atoms with van der Waals surface area (Å²) >= 11 is 0. The number of likely N-dealkylation sites (tertiary alicyclic amines) is 1. The number of alkyl halides is 3. The van der Waals surface area contributed by atoms with Gasteiger partial charge in [-0.3, -0.25) is 14.7 Å². The Balaban J connectivity index is 2.25. The second-order valence-electron chi connectivity index (χ2n) is 4.95. The van der Waals surface area contributed by atoms with Crippen LogP contribution in [0.25, 0.3) is 0 Å². The molecular formula is C12H15F3N4O2. The molecule has 3 N–H and O–H groups in total. The fourth-order valence-electron chi connectivity index (χ4n) is 2.55. The summed E-state index contributed by atoms with van der Waals surface area (Å²) in [6.07, 6.45) is -3.01. The van der Waals surface area contributed by atoms with Crippen LogP contribution in [0.3, 0.4) is 0 Å². The second-order valence-corrected chi connectivity index (χ2v) is 4.95. The Bertz CT molecular complexity index is 541. The number of H-pyrrole nitrogens is 1. The number of carbonyl (C=O) groups excluding carboxylic acids is 2. The van der Waals surface area contributed by atoms with E-state index in [0.717, 1.165) is 11.3 Å². The summed E-state index contributed by atoms with van der Waals surface area (Å²) < 4.78 is 37.2. The average Bonchev–Trinajstić information content (AvgIpc) is 2.85. The van der Waals surface area contributed by atoms with E-state index in [4.69, 9.17) is 5.73 Å². The van der Waals surface area contributed by atoms with Crippen molar-refractivity contribution >= 4 is 11.8 Å². The Morgan fingerprint density at radius 3 is 2.76 bits per heavy atom. The third-order valence-corrected chi connectivity index (χ3v) is 3.44. The first-order valence-corrected chi connectivity index (χ1v) is 6.49. The van der Waals surface area contributed by atoms with Gasteiger partial charge < -0.3 is 10.6 Å². The lowest BCUT2D eigenvalue weighted by molar-refractivity contribution is -0.164. The number of nitrogens with two attached hydrogens (primary N) is 1. The lowest BCUT2D eigenvalue weighted by Gasteiger charge is -2.35. The average molecular weight is 304 g/mol. The lowest BCUT2D eigenvalue weighted by Crippen LogP contribution is -2.41. The number of nitrogens with zero attached hydrogens (tertiary/aromatic N) is 2. The molecule has 116 valence electrons. The van der Waals surface area contributed by atoms with E-state index in [9.17, 15) is 22.8 Å². The highest BCUT2D eigenvalue weighted by atomic mass is 19.4. The second kappa shape index (κ2) is 5.74. The molecule has 0 aliphatic carbocycles. The van der Waals surface area contributed by atoms with Crippen molar-refractivity contribution in [1.29, 1.82) is 0 Å². The summed E-state index contributed by atoms with van der Waals surface area (Å²) in [4.78, 5) is 24.3. The third kappa shape index (κ3) is 3.53. The van der Waals surface area contributed by atoms with Crippen LogP contribution in [0.5, 0.6) is 0 Å². The van der Waals surface area contributed by atoms with Crippen molar-refractivity contribution in [3.8, 4) is 0 Å². The zero-order valence-electron chi connectivity index (χ0n) is 11.1. The van der Waals surface area contributed by atoms with Crippen molar-refractivity contribution in [2.75, 3.05) is 6.54 Å². The van der Waals surface area contributed by atoms with Gasteiger partial charge in [0.1, 0.15) is 6.42 Å². The molecule has 2 heterocycles. The topological polar surface area (TPSA) is 92.1 Å². The predicted octanol–water partition coefficient (Wildman–Crippen LogP) is 1.51. The Kier molecular flexibility index (Phi) is 4.19. The monoisotopic (exact) mass is 304 g/mol. The molecule has 1 atom stereocenters. The van der Waals surface area contributed by atoms with Crippen LogP contribution in [0, 0.1) is 0 Å². The van der Waals surface area contributed by atoms with Crippen molar-refractivity contribution in [3.05, 3.63) is 17.5 Å². The predicted molar refractivity (Wildman–Crippen MR) is 66.1 cm³/mol. The number of aromatic nitrogens is 2. The maximum atomic E-state index is 12.4. The van der Waals surface area contributed by atoms with Crippen LogP contribution >= 0.6 is 0 Å². The van der Waals surface area contributed by atoms with Crippen LogP contribution < -0.4 is 5.73 Å². The molecule has 0 spiro atoms. The molecule has 1 aromatic rings. The van der Waals surface area contributed by atoms with Crippen LogP contribution in [-0.4, -0.2) is 39.6 Å². The van der Waals surface area contributed by atoms with E-state index in [1.54, 1.807) is 0 Å². The number of halogens is 3. The summed E-state index contributed by atoms with van der Waals surface area (Å²) in [5, 5.41) is 6.28. The molecule has 0 bridgehead atoms. The standard InChI is InChI=1S/C12H15F3N4O2/c13-12(14,15)5-9(20)19-4-2-1-3-8(19)10-7(11(16)21)6-17-18-10/h6,8H,1-5H2,(H2,16,21)(H,17,18). The molecule has 1 aliphatic heterocycles. The number of amides is 2. The quantitative estimate of drug-likeness (QED) is 0.886. The molecule has 0 saturated carbocycles. The number of nitrogens with one attached hydrogen (secondary N) is 1. The first kappa shape index (κ1) is 15.3. The lowest BCUT2D eigenvalue weighted by atomic mass is 9.96. The number of hydrogen-bond donors (Lipinski definition) is 2. The molecule has 21 heavy (non-hydrogen) atoms. The summed E-state index contributed by atoms with van der Waals surface area (Å²) in [6, 6.07) is -0.626. The molecule has 1 aromatic heterocycles. The molecule has 1 unspecified atom stereocenters. The SMILES string of the molecule is NC(=O)c1cn[nH]c1C1CCCCN1C(=O)CC(F)(F)F. The van der Waals surface area contributed by atoms with Crippen molar-refractivity contribution in [2.45, 2.75) is 37.9 Å². The molecule has 1 fully saturated rings. The van der Waals surface area contributed by atoms with E-state index in [1.807, 2.05) is 0 Å². The molecular weight excluding hydrogens is 289 g/mol. The Labute approximate surface area is 118 Å². The Morgan fingerprint density at radius 1 is 1.43 bits per heavy atom. The minimum absolute atomic E-state index is 0.103. The van der Waals surface area contributed by atoms with Crippen LogP contribution in [-0.2, 0) is 4.79 Å². The van der Waals surface area contributed by atoms with E-state index in [1.165, 1.54) is 6.20 Å².